The van der Waals surface area contributed by atoms with E-state index >= 15 is 0 Å². The van der Waals surface area contributed by atoms with Crippen molar-refractivity contribution in [1.82, 2.24) is 15.5 Å². The average Bonchev–Trinajstić information content (AvgIpc) is 2.79. The van der Waals surface area contributed by atoms with Gasteiger partial charge in [0.2, 0.25) is 17.7 Å². The summed E-state index contributed by atoms with van der Waals surface area (Å²) in [6.45, 7) is 5.60. The third kappa shape index (κ3) is 5.34. The van der Waals surface area contributed by atoms with E-state index in [1.54, 1.807) is 19.1 Å². The largest absolute Gasteiger partial charge is 0.508 e. The zero-order valence-electron chi connectivity index (χ0n) is 19.5. The van der Waals surface area contributed by atoms with E-state index in [0.29, 0.717) is 6.42 Å². The molecule has 33 heavy (non-hydrogen) atoms. The van der Waals surface area contributed by atoms with Gasteiger partial charge in [0, 0.05) is 20.0 Å². The van der Waals surface area contributed by atoms with Gasteiger partial charge in [-0.15, -0.1) is 0 Å². The fourth-order valence-electron chi connectivity index (χ4n) is 4.39. The Bertz CT molecular complexity index is 1050. The van der Waals surface area contributed by atoms with Gasteiger partial charge in [-0.25, -0.2) is 0 Å². The Kier molecular flexibility index (Phi) is 7.38. The van der Waals surface area contributed by atoms with Gasteiger partial charge in [-0.1, -0.05) is 24.3 Å². The lowest BCUT2D eigenvalue weighted by atomic mass is 9.91. The molecule has 0 fully saturated rings. The molecule has 0 radical (unpaired) electrons. The number of phenolic OH excluding ortho intramolecular Hbond substituents is 1. The van der Waals surface area contributed by atoms with Crippen molar-refractivity contribution in [1.29, 1.82) is 0 Å². The molecule has 5 N–H and O–H groups in total. The lowest BCUT2D eigenvalue weighted by molar-refractivity contribution is -0.143. The number of benzene rings is 2. The first-order valence-electron chi connectivity index (χ1n) is 11.1. The van der Waals surface area contributed by atoms with Crippen LogP contribution in [-0.2, 0) is 33.8 Å². The van der Waals surface area contributed by atoms with Crippen LogP contribution >= 0.6 is 0 Å². The van der Waals surface area contributed by atoms with Crippen molar-refractivity contribution in [2.24, 2.45) is 5.73 Å². The molecule has 2 aromatic rings. The molecule has 176 valence electrons. The molecular formula is C25H32N4O4. The number of carbonyl (C=O) groups is 3. The predicted octanol–water partition coefficient (Wildman–Crippen LogP) is 1.08. The number of hydrogen-bond donors (Lipinski definition) is 4. The van der Waals surface area contributed by atoms with Gasteiger partial charge in [-0.3, -0.25) is 14.4 Å². The second-order valence-electron chi connectivity index (χ2n) is 8.67. The van der Waals surface area contributed by atoms with Crippen LogP contribution in [0.1, 0.15) is 34.7 Å². The molecule has 0 aromatic heterocycles. The maximum absolute atomic E-state index is 13.5. The quantitative estimate of drug-likeness (QED) is 0.522. The van der Waals surface area contributed by atoms with Gasteiger partial charge < -0.3 is 26.4 Å². The second kappa shape index (κ2) is 10.0. The summed E-state index contributed by atoms with van der Waals surface area (Å²) in [4.78, 5) is 40.0. The van der Waals surface area contributed by atoms with Crippen molar-refractivity contribution in [3.63, 3.8) is 0 Å². The summed E-state index contributed by atoms with van der Waals surface area (Å²) in [6, 6.07) is 8.63. The van der Waals surface area contributed by atoms with Gasteiger partial charge in [0.1, 0.15) is 17.8 Å². The van der Waals surface area contributed by atoms with E-state index in [2.05, 4.69) is 10.6 Å². The summed E-state index contributed by atoms with van der Waals surface area (Å²) in [6.07, 6.45) is 0.635. The van der Waals surface area contributed by atoms with Crippen molar-refractivity contribution in [3.8, 4) is 5.75 Å². The Balaban J connectivity index is 1.86. The third-order valence-corrected chi connectivity index (χ3v) is 6.25. The molecule has 0 aliphatic carbocycles. The predicted molar refractivity (Wildman–Crippen MR) is 125 cm³/mol. The molecule has 1 aliphatic heterocycles. The number of nitrogens with one attached hydrogen (secondary N) is 2. The summed E-state index contributed by atoms with van der Waals surface area (Å²) in [5.41, 5.74) is 10.9. The maximum atomic E-state index is 13.5. The van der Waals surface area contributed by atoms with E-state index in [-0.39, 0.29) is 30.5 Å². The Labute approximate surface area is 194 Å². The van der Waals surface area contributed by atoms with Crippen LogP contribution in [0.25, 0.3) is 0 Å². The molecule has 3 atom stereocenters. The number of rotatable bonds is 6. The number of phenols is 1. The van der Waals surface area contributed by atoms with Gasteiger partial charge in [0.05, 0.1) is 6.04 Å². The number of amides is 3. The Morgan fingerprint density at radius 3 is 2.36 bits per heavy atom. The highest BCUT2D eigenvalue weighted by Gasteiger charge is 2.37. The first-order valence-corrected chi connectivity index (χ1v) is 11.1. The zero-order chi connectivity index (χ0) is 24.3. The molecule has 1 heterocycles. The second-order valence-corrected chi connectivity index (χ2v) is 8.67. The SMILES string of the molecule is CNC(=O)[C@H](C)NC(=O)[C@@H]1Cc2ccccc2CN1C(=O)[C@@H](N)Cc1c(C)cc(O)cc1C. The fourth-order valence-corrected chi connectivity index (χ4v) is 4.39. The number of nitrogens with two attached hydrogens (primary N) is 1. The molecule has 0 spiro atoms. The first kappa shape index (κ1) is 24.3. The fraction of sp³-hybridized carbons (Fsp3) is 0.400. The summed E-state index contributed by atoms with van der Waals surface area (Å²) in [5.74, 6) is -0.863. The van der Waals surface area contributed by atoms with Gasteiger partial charge in [0.25, 0.3) is 0 Å². The van der Waals surface area contributed by atoms with E-state index < -0.39 is 24.0 Å². The van der Waals surface area contributed by atoms with E-state index in [1.807, 2.05) is 38.1 Å². The van der Waals surface area contributed by atoms with E-state index in [0.717, 1.165) is 27.8 Å². The minimum absolute atomic E-state index is 0.170. The van der Waals surface area contributed by atoms with E-state index in [1.165, 1.54) is 11.9 Å². The van der Waals surface area contributed by atoms with Crippen molar-refractivity contribution in [2.45, 2.75) is 58.3 Å². The molecule has 8 heteroatoms. The molecule has 0 unspecified atom stereocenters. The number of aromatic hydroxyl groups is 1. The molecular weight excluding hydrogens is 420 g/mol. The van der Waals surface area contributed by atoms with Crippen molar-refractivity contribution < 1.29 is 19.5 Å². The number of likely N-dealkylation sites (N-methyl/N-ethyl adjacent to an activating group) is 1. The van der Waals surface area contributed by atoms with Crippen LogP contribution in [0, 0.1) is 13.8 Å². The molecule has 0 saturated heterocycles. The normalized spacial score (nSPS) is 17.0. The zero-order valence-corrected chi connectivity index (χ0v) is 19.5. The smallest absolute Gasteiger partial charge is 0.243 e. The van der Waals surface area contributed by atoms with Crippen LogP contribution in [0.5, 0.6) is 5.75 Å². The Morgan fingerprint density at radius 2 is 1.76 bits per heavy atom. The van der Waals surface area contributed by atoms with Crippen LogP contribution in [-0.4, -0.2) is 52.9 Å². The maximum Gasteiger partial charge on any atom is 0.243 e. The Hall–Kier alpha value is -3.39. The monoisotopic (exact) mass is 452 g/mol. The highest BCUT2D eigenvalue weighted by Crippen LogP contribution is 2.26. The number of fused-ring (bicyclic) bond motifs is 1. The van der Waals surface area contributed by atoms with Crippen LogP contribution in [0.2, 0.25) is 0 Å². The van der Waals surface area contributed by atoms with Crippen LogP contribution in [0.15, 0.2) is 36.4 Å². The number of aryl methyl sites for hydroxylation is 2. The molecule has 1 aliphatic rings. The first-order chi connectivity index (χ1) is 15.6. The van der Waals surface area contributed by atoms with Gasteiger partial charge >= 0.3 is 0 Å². The molecule has 0 bridgehead atoms. The van der Waals surface area contributed by atoms with Crippen LogP contribution < -0.4 is 16.4 Å². The molecule has 3 rings (SSSR count). The topological polar surface area (TPSA) is 125 Å². The van der Waals surface area contributed by atoms with Crippen LogP contribution in [0.4, 0.5) is 0 Å². The van der Waals surface area contributed by atoms with E-state index in [4.69, 9.17) is 5.73 Å². The minimum Gasteiger partial charge on any atom is -0.508 e. The number of carbonyl (C=O) groups excluding carboxylic acids is 3. The molecule has 8 nitrogen and oxygen atoms in total. The van der Waals surface area contributed by atoms with Crippen molar-refractivity contribution in [2.75, 3.05) is 7.05 Å². The highest BCUT2D eigenvalue weighted by atomic mass is 16.3. The summed E-state index contributed by atoms with van der Waals surface area (Å²) >= 11 is 0. The third-order valence-electron chi connectivity index (χ3n) is 6.25. The van der Waals surface area contributed by atoms with Gasteiger partial charge in [0.15, 0.2) is 0 Å². The summed E-state index contributed by atoms with van der Waals surface area (Å²) < 4.78 is 0. The number of hydrogen-bond acceptors (Lipinski definition) is 5. The summed E-state index contributed by atoms with van der Waals surface area (Å²) in [5, 5.41) is 15.0. The summed E-state index contributed by atoms with van der Waals surface area (Å²) in [7, 11) is 1.50. The van der Waals surface area contributed by atoms with Gasteiger partial charge in [-0.2, -0.15) is 0 Å². The highest BCUT2D eigenvalue weighted by molar-refractivity contribution is 5.93. The van der Waals surface area contributed by atoms with Gasteiger partial charge in [-0.05, 0) is 67.1 Å². The molecule has 0 saturated carbocycles. The van der Waals surface area contributed by atoms with Crippen molar-refractivity contribution >= 4 is 17.7 Å². The average molecular weight is 453 g/mol. The lowest BCUT2D eigenvalue weighted by Crippen LogP contribution is -2.58. The van der Waals surface area contributed by atoms with Crippen molar-refractivity contribution in [3.05, 3.63) is 64.2 Å². The lowest BCUT2D eigenvalue weighted by Gasteiger charge is -2.38. The van der Waals surface area contributed by atoms with E-state index in [9.17, 15) is 19.5 Å². The molecule has 2 aromatic carbocycles. The standard InChI is InChI=1S/C25H32N4O4/c1-14-9-19(30)10-15(2)20(14)12-21(26)25(33)29-13-18-8-6-5-7-17(18)11-22(29)24(32)28-16(3)23(31)27-4/h5-10,16,21-22,30H,11-13,26H2,1-4H3,(H,27,31)(H,28,32)/t16-,21-,22-/m0/s1. The molecule has 3 amide bonds. The number of nitrogens with zero attached hydrogens (tertiary/aromatic N) is 1. The van der Waals surface area contributed by atoms with Crippen LogP contribution in [0.3, 0.4) is 0 Å². The minimum atomic E-state index is -0.858. The Morgan fingerprint density at radius 1 is 1.15 bits per heavy atom.